The molecule has 0 aromatic rings. The minimum atomic E-state index is -0.579. The minimum absolute atomic E-state index is 0. The Balaban J connectivity index is 0.000001000. The maximum Gasteiger partial charge on any atom is -1.00 e. The number of carbonyl (C=O) groups excluding carboxylic acids is 1. The van der Waals surface area contributed by atoms with Crippen molar-refractivity contribution < 1.29 is 52.5 Å². The Hall–Kier alpha value is 0.244. The number of halogens is 2. The van der Waals surface area contributed by atoms with Crippen LogP contribution in [0.1, 0.15) is 51.9 Å². The fourth-order valence-electron chi connectivity index (χ4n) is 4.05. The summed E-state index contributed by atoms with van der Waals surface area (Å²) in [5.41, 5.74) is 6.81. The molecule has 0 aliphatic heterocycles. The van der Waals surface area contributed by atoms with Gasteiger partial charge in [-0.1, -0.05) is 0 Å². The van der Waals surface area contributed by atoms with E-state index < -0.39 is 19.5 Å². The zero-order valence-electron chi connectivity index (χ0n) is 11.8. The molecule has 5 heteroatoms. The van der Waals surface area contributed by atoms with Crippen molar-refractivity contribution in [1.82, 2.24) is 0 Å². The summed E-state index contributed by atoms with van der Waals surface area (Å²) in [5.74, 6) is 0.652. The van der Waals surface area contributed by atoms with Crippen LogP contribution in [0.5, 0.6) is 0 Å². The first-order valence-electron chi connectivity index (χ1n) is 7.13. The van der Waals surface area contributed by atoms with Crippen molar-refractivity contribution in [3.63, 3.8) is 0 Å². The van der Waals surface area contributed by atoms with Crippen LogP contribution in [-0.2, 0) is 27.7 Å². The summed E-state index contributed by atoms with van der Waals surface area (Å²) in [6.45, 7) is 3.04. The van der Waals surface area contributed by atoms with Crippen molar-refractivity contribution in [2.24, 2.45) is 5.92 Å². The summed E-state index contributed by atoms with van der Waals surface area (Å²) in [5, 5.41) is 0. The molecule has 0 spiro atoms. The Morgan fingerprint density at radius 2 is 1.80 bits per heavy atom. The summed E-state index contributed by atoms with van der Waals surface area (Å²) in [6, 6.07) is 0. The Kier molecular flexibility index (Phi) is 7.34. The number of hydrogen-bond acceptors (Lipinski definition) is 2. The van der Waals surface area contributed by atoms with Gasteiger partial charge in [-0.2, -0.15) is 0 Å². The summed E-state index contributed by atoms with van der Waals surface area (Å²) < 4.78 is 5.79. The fraction of sp³-hybridized carbons (Fsp3) is 0.667. The second kappa shape index (κ2) is 8.03. The predicted molar refractivity (Wildman–Crippen MR) is 66.4 cm³/mol. The quantitative estimate of drug-likeness (QED) is 0.433. The van der Waals surface area contributed by atoms with Gasteiger partial charge in [0, 0.05) is 0 Å². The van der Waals surface area contributed by atoms with Crippen molar-refractivity contribution in [1.29, 1.82) is 0 Å². The SMILES string of the molecule is CC1C2=C(CCCC2)C2=C1[CH]([Ti+2][O]C=O)CCC2.[Cl-].[Cl-]. The van der Waals surface area contributed by atoms with Gasteiger partial charge in [0.15, 0.2) is 0 Å². The van der Waals surface area contributed by atoms with Crippen LogP contribution >= 0.6 is 0 Å². The van der Waals surface area contributed by atoms with E-state index in [0.29, 0.717) is 16.6 Å². The molecule has 20 heavy (non-hydrogen) atoms. The second-order valence-electron chi connectivity index (χ2n) is 5.64. The van der Waals surface area contributed by atoms with Gasteiger partial charge < -0.3 is 24.8 Å². The monoisotopic (exact) mass is 350 g/mol. The topological polar surface area (TPSA) is 26.3 Å². The van der Waals surface area contributed by atoms with Gasteiger partial charge in [-0.05, 0) is 0 Å². The number of carbonyl (C=O) groups is 1. The Labute approximate surface area is 143 Å². The maximum absolute atomic E-state index is 10.5. The fourth-order valence-corrected chi connectivity index (χ4v) is 5.76. The van der Waals surface area contributed by atoms with Crippen molar-refractivity contribution in [3.8, 4) is 0 Å². The third-order valence-corrected chi connectivity index (χ3v) is 6.51. The van der Waals surface area contributed by atoms with E-state index in [1.807, 2.05) is 0 Å². The van der Waals surface area contributed by atoms with E-state index >= 15 is 0 Å². The molecule has 0 fully saturated rings. The van der Waals surface area contributed by atoms with Crippen LogP contribution in [0.3, 0.4) is 0 Å². The van der Waals surface area contributed by atoms with E-state index in [0.717, 1.165) is 0 Å². The molecule has 0 radical (unpaired) electrons. The molecule has 0 saturated carbocycles. The molecule has 0 saturated heterocycles. The Bertz CT molecular complexity index is 432. The summed E-state index contributed by atoms with van der Waals surface area (Å²) >= 11 is -0.579. The third-order valence-electron chi connectivity index (χ3n) is 4.77. The first kappa shape index (κ1) is 18.3. The van der Waals surface area contributed by atoms with E-state index in [2.05, 4.69) is 6.92 Å². The maximum atomic E-state index is 10.5. The molecule has 2 nitrogen and oxygen atoms in total. The molecule has 2 atom stereocenters. The number of allylic oxidation sites excluding steroid dienone is 4. The van der Waals surface area contributed by atoms with E-state index in [4.69, 9.17) is 3.32 Å². The third kappa shape index (κ3) is 3.19. The average Bonchev–Trinajstić information content (AvgIpc) is 2.72. The van der Waals surface area contributed by atoms with Crippen LogP contribution in [0, 0.1) is 5.92 Å². The normalized spacial score (nSPS) is 27.6. The first-order valence-corrected chi connectivity index (χ1v) is 8.67. The van der Waals surface area contributed by atoms with Crippen LogP contribution in [-0.4, -0.2) is 6.47 Å². The second-order valence-corrected chi connectivity index (χ2v) is 7.47. The van der Waals surface area contributed by atoms with Crippen LogP contribution in [0.4, 0.5) is 0 Å². The number of rotatable bonds is 3. The van der Waals surface area contributed by atoms with Crippen LogP contribution in [0.25, 0.3) is 0 Å². The number of hydrogen-bond donors (Lipinski definition) is 0. The molecule has 3 aliphatic carbocycles. The van der Waals surface area contributed by atoms with Gasteiger partial charge in [0.05, 0.1) is 0 Å². The van der Waals surface area contributed by atoms with Gasteiger partial charge in [0.25, 0.3) is 0 Å². The van der Waals surface area contributed by atoms with Crippen LogP contribution in [0.2, 0.25) is 4.22 Å². The van der Waals surface area contributed by atoms with Gasteiger partial charge >= 0.3 is 118 Å². The molecule has 2 unspecified atom stereocenters. The standard InChI is InChI=1S/C14H19.CH2O2.2ClH.Ti/c1-10-11-6-2-4-8-13(11)14-9-5-3-7-12(10)14;2-1-3;;;/h6,10H,2-5,7-9H2,1H3;1H,(H,2,3);2*1H;/q;;;;+3/p-3. The molecular weight excluding hydrogens is 331 g/mol. The first-order chi connectivity index (χ1) is 8.83. The zero-order chi connectivity index (χ0) is 12.5. The minimum Gasteiger partial charge on any atom is -1.00 e. The molecule has 3 aliphatic rings. The molecular formula is C15H20Cl2O2Ti. The van der Waals surface area contributed by atoms with Crippen LogP contribution in [0.15, 0.2) is 22.3 Å². The van der Waals surface area contributed by atoms with Gasteiger partial charge in [-0.15, -0.1) is 0 Å². The van der Waals surface area contributed by atoms with E-state index in [9.17, 15) is 4.79 Å². The van der Waals surface area contributed by atoms with E-state index in [1.165, 1.54) is 44.9 Å². The van der Waals surface area contributed by atoms with Gasteiger partial charge in [0.1, 0.15) is 0 Å². The summed E-state index contributed by atoms with van der Waals surface area (Å²) in [7, 11) is 0. The predicted octanol–water partition coefficient (Wildman–Crippen LogP) is -2.05. The molecule has 0 aromatic carbocycles. The molecule has 0 bridgehead atoms. The molecule has 0 aromatic heterocycles. The summed E-state index contributed by atoms with van der Waals surface area (Å²) in [6.07, 6.45) is 9.17. The molecule has 3 rings (SSSR count). The Morgan fingerprint density at radius 3 is 2.55 bits per heavy atom. The van der Waals surface area contributed by atoms with Crippen molar-refractivity contribution in [2.75, 3.05) is 0 Å². The molecule has 110 valence electrons. The number of fused-ring (bicyclic) bond motifs is 1. The molecule has 0 N–H and O–H groups in total. The van der Waals surface area contributed by atoms with Gasteiger partial charge in [-0.25, -0.2) is 0 Å². The van der Waals surface area contributed by atoms with Gasteiger partial charge in [0.2, 0.25) is 0 Å². The molecule has 0 heterocycles. The van der Waals surface area contributed by atoms with Gasteiger partial charge in [-0.3, -0.25) is 0 Å². The van der Waals surface area contributed by atoms with Crippen molar-refractivity contribution >= 4 is 6.47 Å². The average molecular weight is 351 g/mol. The summed E-state index contributed by atoms with van der Waals surface area (Å²) in [4.78, 5) is 10.5. The van der Waals surface area contributed by atoms with Crippen LogP contribution < -0.4 is 24.8 Å². The smallest absolute Gasteiger partial charge is 1.00 e. The Morgan fingerprint density at radius 1 is 1.10 bits per heavy atom. The van der Waals surface area contributed by atoms with E-state index in [-0.39, 0.29) is 24.8 Å². The largest absolute Gasteiger partial charge is 1.00 e. The van der Waals surface area contributed by atoms with Crippen molar-refractivity contribution in [3.05, 3.63) is 22.3 Å². The zero-order valence-corrected chi connectivity index (χ0v) is 14.8. The van der Waals surface area contributed by atoms with Crippen molar-refractivity contribution in [2.45, 2.75) is 56.1 Å². The molecule has 0 amide bonds. The van der Waals surface area contributed by atoms with E-state index in [1.54, 1.807) is 22.3 Å².